The summed E-state index contributed by atoms with van der Waals surface area (Å²) in [4.78, 5) is 32.3. The van der Waals surface area contributed by atoms with Gasteiger partial charge < -0.3 is 14.4 Å². The van der Waals surface area contributed by atoms with Crippen molar-refractivity contribution in [2.24, 2.45) is 0 Å². The number of rotatable bonds is 5. The van der Waals surface area contributed by atoms with E-state index in [4.69, 9.17) is 9.47 Å². The van der Waals surface area contributed by atoms with Gasteiger partial charge in [0, 0.05) is 39.0 Å². The van der Waals surface area contributed by atoms with Gasteiger partial charge in [0.25, 0.3) is 0 Å². The largest absolute Gasteiger partial charge is 0.440 e. The van der Waals surface area contributed by atoms with Crippen LogP contribution in [0.15, 0.2) is 60.7 Å². The van der Waals surface area contributed by atoms with Gasteiger partial charge in [-0.15, -0.1) is 0 Å². The van der Waals surface area contributed by atoms with Gasteiger partial charge in [0.15, 0.2) is 0 Å². The Hall–Kier alpha value is -2.90. The molecule has 2 aromatic carbocycles. The smallest absolute Gasteiger partial charge is 0.411 e. The molecule has 7 nitrogen and oxygen atoms in total. The quantitative estimate of drug-likeness (QED) is 0.681. The lowest BCUT2D eigenvalue weighted by Crippen LogP contribution is -2.59. The zero-order valence-corrected chi connectivity index (χ0v) is 19.8. The van der Waals surface area contributed by atoms with E-state index < -0.39 is 11.1 Å². The van der Waals surface area contributed by atoms with Crippen molar-refractivity contribution in [2.75, 3.05) is 45.9 Å². The van der Waals surface area contributed by atoms with Crippen LogP contribution >= 0.6 is 0 Å². The van der Waals surface area contributed by atoms with Gasteiger partial charge in [-0.1, -0.05) is 60.7 Å². The maximum atomic E-state index is 13.3. The summed E-state index contributed by atoms with van der Waals surface area (Å²) in [5.74, 6) is 0.142. The zero-order chi connectivity index (χ0) is 23.6. The molecule has 34 heavy (non-hydrogen) atoms. The Labute approximate surface area is 201 Å². The molecule has 3 saturated heterocycles. The van der Waals surface area contributed by atoms with Gasteiger partial charge >= 0.3 is 6.09 Å². The first-order valence-corrected chi connectivity index (χ1v) is 12.2. The lowest BCUT2D eigenvalue weighted by atomic mass is 9.70. The van der Waals surface area contributed by atoms with Crippen LogP contribution in [0.25, 0.3) is 0 Å². The van der Waals surface area contributed by atoms with Crippen LogP contribution < -0.4 is 0 Å². The molecule has 3 aliphatic heterocycles. The molecule has 0 saturated carbocycles. The molecule has 3 fully saturated rings. The number of carbonyl (C=O) groups is 2. The number of likely N-dealkylation sites (tertiary alicyclic amines) is 1. The summed E-state index contributed by atoms with van der Waals surface area (Å²) in [7, 11) is 0. The fraction of sp³-hybridized carbons (Fsp3) is 0.481. The summed E-state index contributed by atoms with van der Waals surface area (Å²) in [6, 6.07) is 20.2. The van der Waals surface area contributed by atoms with E-state index in [0.717, 1.165) is 24.2 Å². The molecule has 2 aromatic rings. The molecule has 5 rings (SSSR count). The van der Waals surface area contributed by atoms with Gasteiger partial charge in [-0.05, 0) is 18.1 Å². The van der Waals surface area contributed by atoms with E-state index in [1.54, 1.807) is 0 Å². The molecule has 7 heteroatoms. The Morgan fingerprint density at radius 1 is 0.912 bits per heavy atom. The molecule has 0 aromatic heterocycles. The van der Waals surface area contributed by atoms with Crippen molar-refractivity contribution >= 4 is 12.0 Å². The highest BCUT2D eigenvalue weighted by Crippen LogP contribution is 2.52. The highest BCUT2D eigenvalue weighted by atomic mass is 16.6. The standard InChI is InChI=1S/C27H33N3O4/c1-26(23-10-6-3-7-11-23)27(34-25(32)30(26)20-22-8-4-2-5-9-22)12-14-29(15-13-27)24(31)21-28-16-18-33-19-17-28/h2-11H,12-21H2,1H3. The normalized spacial score (nSPS) is 24.9. The molecule has 1 spiro atoms. The fourth-order valence-electron chi connectivity index (χ4n) is 5.68. The Kier molecular flexibility index (Phi) is 6.32. The fourth-order valence-corrected chi connectivity index (χ4v) is 5.68. The molecule has 0 N–H and O–H groups in total. The minimum absolute atomic E-state index is 0.142. The Bertz CT molecular complexity index is 1000. The highest BCUT2D eigenvalue weighted by Gasteiger charge is 2.63. The zero-order valence-electron chi connectivity index (χ0n) is 19.8. The predicted octanol–water partition coefficient (Wildman–Crippen LogP) is 3.25. The van der Waals surface area contributed by atoms with Gasteiger partial charge in [-0.2, -0.15) is 0 Å². The highest BCUT2D eigenvalue weighted by molar-refractivity contribution is 5.79. The number of carbonyl (C=O) groups excluding carboxylic acids is 2. The van der Waals surface area contributed by atoms with Gasteiger partial charge in [-0.25, -0.2) is 4.79 Å². The molecule has 2 amide bonds. The first-order chi connectivity index (χ1) is 16.5. The van der Waals surface area contributed by atoms with Crippen molar-refractivity contribution < 1.29 is 19.1 Å². The van der Waals surface area contributed by atoms with E-state index in [1.165, 1.54) is 0 Å². The lowest BCUT2D eigenvalue weighted by Gasteiger charge is -2.48. The van der Waals surface area contributed by atoms with E-state index in [-0.39, 0.29) is 12.0 Å². The maximum Gasteiger partial charge on any atom is 0.411 e. The summed E-state index contributed by atoms with van der Waals surface area (Å²) in [6.45, 7) is 7.14. The van der Waals surface area contributed by atoms with Crippen molar-refractivity contribution in [3.05, 3.63) is 71.8 Å². The monoisotopic (exact) mass is 463 g/mol. The first kappa shape index (κ1) is 22.9. The summed E-state index contributed by atoms with van der Waals surface area (Å²) in [5.41, 5.74) is 0.804. The van der Waals surface area contributed by atoms with Crippen molar-refractivity contribution in [1.82, 2.24) is 14.7 Å². The van der Waals surface area contributed by atoms with E-state index >= 15 is 0 Å². The van der Waals surface area contributed by atoms with Crippen molar-refractivity contribution in [3.63, 3.8) is 0 Å². The van der Waals surface area contributed by atoms with Gasteiger partial charge in [0.2, 0.25) is 5.91 Å². The lowest BCUT2D eigenvalue weighted by molar-refractivity contribution is -0.139. The molecule has 3 aliphatic rings. The number of morpholine rings is 1. The van der Waals surface area contributed by atoms with Crippen LogP contribution in [0.5, 0.6) is 0 Å². The maximum absolute atomic E-state index is 13.3. The average Bonchev–Trinajstić information content (AvgIpc) is 3.08. The number of hydrogen-bond donors (Lipinski definition) is 0. The van der Waals surface area contributed by atoms with Gasteiger partial charge in [0.1, 0.15) is 11.1 Å². The van der Waals surface area contributed by atoms with E-state index in [1.807, 2.05) is 58.3 Å². The molecule has 180 valence electrons. The van der Waals surface area contributed by atoms with Crippen LogP contribution in [-0.2, 0) is 26.4 Å². The van der Waals surface area contributed by atoms with Crippen molar-refractivity contribution in [2.45, 2.75) is 37.5 Å². The molecule has 3 heterocycles. The number of nitrogens with zero attached hydrogens (tertiary/aromatic N) is 3. The number of hydrogen-bond acceptors (Lipinski definition) is 5. The molecule has 1 unspecified atom stereocenters. The first-order valence-electron chi connectivity index (χ1n) is 12.2. The Balaban J connectivity index is 1.38. The van der Waals surface area contributed by atoms with Gasteiger partial charge in [-0.3, -0.25) is 14.6 Å². The minimum Gasteiger partial charge on any atom is -0.440 e. The summed E-state index contributed by atoms with van der Waals surface area (Å²) < 4.78 is 11.6. The molecule has 0 radical (unpaired) electrons. The second kappa shape index (κ2) is 9.39. The van der Waals surface area contributed by atoms with E-state index in [2.05, 4.69) is 24.0 Å². The number of ether oxygens (including phenoxy) is 2. The second-order valence-corrected chi connectivity index (χ2v) is 9.64. The second-order valence-electron chi connectivity index (χ2n) is 9.64. The van der Waals surface area contributed by atoms with E-state index in [0.29, 0.717) is 52.2 Å². The molecular formula is C27H33N3O4. The Morgan fingerprint density at radius 3 is 2.18 bits per heavy atom. The van der Waals surface area contributed by atoms with Crippen LogP contribution in [0.2, 0.25) is 0 Å². The molecular weight excluding hydrogens is 430 g/mol. The third-order valence-corrected chi connectivity index (χ3v) is 7.84. The van der Waals surface area contributed by atoms with Crippen molar-refractivity contribution in [1.29, 1.82) is 0 Å². The minimum atomic E-state index is -0.685. The summed E-state index contributed by atoms with van der Waals surface area (Å²) in [6.07, 6.45) is 0.942. The molecule has 0 bridgehead atoms. The van der Waals surface area contributed by atoms with Crippen LogP contribution in [0, 0.1) is 0 Å². The number of benzene rings is 2. The average molecular weight is 464 g/mol. The van der Waals surface area contributed by atoms with Crippen LogP contribution in [0.1, 0.15) is 30.9 Å². The molecule has 0 aliphatic carbocycles. The predicted molar refractivity (Wildman–Crippen MR) is 128 cm³/mol. The van der Waals surface area contributed by atoms with Crippen molar-refractivity contribution in [3.8, 4) is 0 Å². The number of amides is 2. The molecule has 1 atom stereocenters. The van der Waals surface area contributed by atoms with Crippen LogP contribution in [0.3, 0.4) is 0 Å². The van der Waals surface area contributed by atoms with Gasteiger partial charge in [0.05, 0.1) is 26.3 Å². The topological polar surface area (TPSA) is 62.3 Å². The summed E-state index contributed by atoms with van der Waals surface area (Å²) >= 11 is 0. The van der Waals surface area contributed by atoms with Crippen LogP contribution in [0.4, 0.5) is 4.79 Å². The number of piperidine rings is 1. The third-order valence-electron chi connectivity index (χ3n) is 7.84. The Morgan fingerprint density at radius 2 is 1.53 bits per heavy atom. The van der Waals surface area contributed by atoms with Crippen LogP contribution in [-0.4, -0.2) is 78.2 Å². The SMILES string of the molecule is CC1(c2ccccc2)N(Cc2ccccc2)C(=O)OC12CCN(C(=O)CN1CCOCC1)CC2. The van der Waals surface area contributed by atoms with E-state index in [9.17, 15) is 9.59 Å². The third kappa shape index (κ3) is 4.07. The summed E-state index contributed by atoms with van der Waals surface area (Å²) in [5, 5.41) is 0.